The van der Waals surface area contributed by atoms with Crippen molar-refractivity contribution in [3.8, 4) is 0 Å². The van der Waals surface area contributed by atoms with E-state index < -0.39 is 0 Å². The summed E-state index contributed by atoms with van der Waals surface area (Å²) in [7, 11) is 0. The van der Waals surface area contributed by atoms with Gasteiger partial charge in [-0.3, -0.25) is 4.99 Å². The summed E-state index contributed by atoms with van der Waals surface area (Å²) < 4.78 is 0. The van der Waals surface area contributed by atoms with Gasteiger partial charge < -0.3 is 0 Å². The van der Waals surface area contributed by atoms with Crippen LogP contribution in [-0.4, -0.2) is 12.8 Å². The van der Waals surface area contributed by atoms with E-state index in [2.05, 4.69) is 44.3 Å². The van der Waals surface area contributed by atoms with Gasteiger partial charge in [0.25, 0.3) is 0 Å². The minimum atomic E-state index is 0.671. The highest BCUT2D eigenvalue weighted by Gasteiger charge is 2.10. The molecule has 0 fully saturated rings. The van der Waals surface area contributed by atoms with Crippen LogP contribution in [0.1, 0.15) is 32.8 Å². The first-order valence-corrected chi connectivity index (χ1v) is 6.06. The van der Waals surface area contributed by atoms with Gasteiger partial charge in [0, 0.05) is 12.8 Å². The summed E-state index contributed by atoms with van der Waals surface area (Å²) in [6.07, 6.45) is 5.37. The normalized spacial score (nSPS) is 13.5. The molecule has 1 atom stereocenters. The van der Waals surface area contributed by atoms with Crippen LogP contribution < -0.4 is 0 Å². The molecule has 0 bridgehead atoms. The van der Waals surface area contributed by atoms with Gasteiger partial charge in [0.05, 0.1) is 0 Å². The molecule has 0 amide bonds. The number of aliphatic imine (C=N–C) groups is 1. The molecule has 1 aromatic rings. The van der Waals surface area contributed by atoms with Crippen LogP contribution in [-0.2, 0) is 0 Å². The molecule has 0 heterocycles. The third kappa shape index (κ3) is 4.61. The molecule has 0 aliphatic carbocycles. The standard InChI is InChI=1S/C15H22N/c1-4-8-15(13(2)3)12-16-11-14-9-6-5-7-10-14/h4-7,9-11,13,15H,8,12H2,1-3H3. The second-order valence-corrected chi connectivity index (χ2v) is 4.55. The fourth-order valence-electron chi connectivity index (χ4n) is 1.69. The van der Waals surface area contributed by atoms with Gasteiger partial charge >= 0.3 is 0 Å². The zero-order chi connectivity index (χ0) is 11.8. The zero-order valence-electron chi connectivity index (χ0n) is 10.6. The number of rotatable bonds is 6. The lowest BCUT2D eigenvalue weighted by atomic mass is 9.91. The molecule has 0 N–H and O–H groups in total. The fourth-order valence-corrected chi connectivity index (χ4v) is 1.69. The van der Waals surface area contributed by atoms with Crippen molar-refractivity contribution in [2.75, 3.05) is 6.54 Å². The van der Waals surface area contributed by atoms with Crippen LogP contribution in [0.3, 0.4) is 0 Å². The van der Waals surface area contributed by atoms with Gasteiger partial charge in [-0.15, -0.1) is 0 Å². The monoisotopic (exact) mass is 216 g/mol. The van der Waals surface area contributed by atoms with Crippen molar-refractivity contribution in [2.45, 2.75) is 27.2 Å². The molecule has 0 aliphatic rings. The summed E-state index contributed by atoms with van der Waals surface area (Å²) in [5.74, 6) is 1.37. The minimum absolute atomic E-state index is 0.671. The molecule has 16 heavy (non-hydrogen) atoms. The van der Waals surface area contributed by atoms with Crippen molar-refractivity contribution in [1.82, 2.24) is 0 Å². The molecule has 1 nitrogen and oxygen atoms in total. The molecule has 1 rings (SSSR count). The first kappa shape index (κ1) is 13.0. The van der Waals surface area contributed by atoms with Crippen molar-refractivity contribution >= 4 is 6.21 Å². The maximum Gasteiger partial charge on any atom is 0.0420 e. The van der Waals surface area contributed by atoms with E-state index in [-0.39, 0.29) is 0 Å². The van der Waals surface area contributed by atoms with Crippen LogP contribution in [0.5, 0.6) is 0 Å². The van der Waals surface area contributed by atoms with Crippen LogP contribution in [0, 0.1) is 18.3 Å². The van der Waals surface area contributed by atoms with Gasteiger partial charge in [0.15, 0.2) is 0 Å². The third-order valence-corrected chi connectivity index (χ3v) is 2.86. The summed E-state index contributed by atoms with van der Waals surface area (Å²) in [4.78, 5) is 4.54. The Kier molecular flexibility index (Phi) is 5.84. The van der Waals surface area contributed by atoms with Crippen molar-refractivity contribution in [1.29, 1.82) is 0 Å². The van der Waals surface area contributed by atoms with Crippen molar-refractivity contribution in [3.05, 3.63) is 42.3 Å². The molecule has 1 unspecified atom stereocenters. The highest BCUT2D eigenvalue weighted by Crippen LogP contribution is 2.16. The second-order valence-electron chi connectivity index (χ2n) is 4.55. The zero-order valence-corrected chi connectivity index (χ0v) is 10.6. The predicted octanol–water partition coefficient (Wildman–Crippen LogP) is 3.99. The molecular weight excluding hydrogens is 194 g/mol. The average molecular weight is 216 g/mol. The smallest absolute Gasteiger partial charge is 0.0420 e. The lowest BCUT2D eigenvalue weighted by Gasteiger charge is -2.17. The largest absolute Gasteiger partial charge is 0.292 e. The maximum absolute atomic E-state index is 4.54. The maximum atomic E-state index is 4.54. The number of hydrogen-bond acceptors (Lipinski definition) is 1. The third-order valence-electron chi connectivity index (χ3n) is 2.86. The van der Waals surface area contributed by atoms with Gasteiger partial charge in [0.1, 0.15) is 0 Å². The SMILES string of the molecule is C[CH]CC(CN=Cc1ccccc1)C(C)C. The fraction of sp³-hybridized carbons (Fsp3) is 0.467. The van der Waals surface area contributed by atoms with E-state index in [9.17, 15) is 0 Å². The topological polar surface area (TPSA) is 12.4 Å². The van der Waals surface area contributed by atoms with E-state index in [4.69, 9.17) is 0 Å². The van der Waals surface area contributed by atoms with E-state index in [1.807, 2.05) is 24.4 Å². The highest BCUT2D eigenvalue weighted by atomic mass is 14.7. The molecule has 87 valence electrons. The van der Waals surface area contributed by atoms with E-state index in [0.29, 0.717) is 11.8 Å². The van der Waals surface area contributed by atoms with Gasteiger partial charge in [-0.1, -0.05) is 51.1 Å². The minimum Gasteiger partial charge on any atom is -0.292 e. The molecule has 0 saturated heterocycles. The van der Waals surface area contributed by atoms with Crippen LogP contribution in [0.15, 0.2) is 35.3 Å². The Balaban J connectivity index is 2.45. The second kappa shape index (κ2) is 7.21. The molecule has 1 aromatic carbocycles. The van der Waals surface area contributed by atoms with Crippen LogP contribution >= 0.6 is 0 Å². The Morgan fingerprint density at radius 1 is 1.19 bits per heavy atom. The van der Waals surface area contributed by atoms with Gasteiger partial charge in [0.2, 0.25) is 0 Å². The summed E-state index contributed by atoms with van der Waals surface area (Å²) in [5, 5.41) is 0. The number of hydrogen-bond donors (Lipinski definition) is 0. The number of nitrogens with zero attached hydrogens (tertiary/aromatic N) is 1. The summed E-state index contributed by atoms with van der Waals surface area (Å²) in [5.41, 5.74) is 1.19. The Hall–Kier alpha value is -1.11. The quantitative estimate of drug-likeness (QED) is 0.637. The Morgan fingerprint density at radius 3 is 2.44 bits per heavy atom. The molecule has 1 heteroatoms. The Morgan fingerprint density at radius 2 is 1.88 bits per heavy atom. The van der Waals surface area contributed by atoms with E-state index >= 15 is 0 Å². The van der Waals surface area contributed by atoms with E-state index in [0.717, 1.165) is 13.0 Å². The Labute approximate surface area is 99.6 Å². The van der Waals surface area contributed by atoms with Crippen LogP contribution in [0.25, 0.3) is 0 Å². The number of benzene rings is 1. The first-order chi connectivity index (χ1) is 7.74. The lowest BCUT2D eigenvalue weighted by Crippen LogP contribution is -2.12. The average Bonchev–Trinajstić information content (AvgIpc) is 2.29. The highest BCUT2D eigenvalue weighted by molar-refractivity contribution is 5.79. The van der Waals surface area contributed by atoms with Crippen molar-refractivity contribution in [3.63, 3.8) is 0 Å². The molecule has 0 saturated carbocycles. The lowest BCUT2D eigenvalue weighted by molar-refractivity contribution is 0.390. The van der Waals surface area contributed by atoms with Crippen molar-refractivity contribution in [2.24, 2.45) is 16.8 Å². The summed E-state index contributed by atoms with van der Waals surface area (Å²) >= 11 is 0. The van der Waals surface area contributed by atoms with Gasteiger partial charge in [-0.2, -0.15) is 0 Å². The summed E-state index contributed by atoms with van der Waals surface area (Å²) in [6.45, 7) is 7.59. The molecule has 0 aliphatic heterocycles. The molecular formula is C15H22N. The predicted molar refractivity (Wildman–Crippen MR) is 71.8 cm³/mol. The van der Waals surface area contributed by atoms with Crippen molar-refractivity contribution < 1.29 is 0 Å². The van der Waals surface area contributed by atoms with Crippen LogP contribution in [0.2, 0.25) is 0 Å². The Bertz CT molecular complexity index is 300. The summed E-state index contributed by atoms with van der Waals surface area (Å²) in [6, 6.07) is 10.3. The molecule has 0 aromatic heterocycles. The van der Waals surface area contributed by atoms with E-state index in [1.54, 1.807) is 0 Å². The van der Waals surface area contributed by atoms with Crippen LogP contribution in [0.4, 0.5) is 0 Å². The first-order valence-electron chi connectivity index (χ1n) is 6.06. The molecule has 1 radical (unpaired) electrons. The van der Waals surface area contributed by atoms with E-state index in [1.165, 1.54) is 5.56 Å². The molecule has 0 spiro atoms. The van der Waals surface area contributed by atoms with Gasteiger partial charge in [-0.25, -0.2) is 0 Å². The van der Waals surface area contributed by atoms with Gasteiger partial charge in [-0.05, 0) is 30.2 Å².